The SMILES string of the molecule is CN1CCC(CN=C(N)NC2CCCC2)CC1=O. The van der Waals surface area contributed by atoms with E-state index in [-0.39, 0.29) is 5.91 Å². The van der Waals surface area contributed by atoms with E-state index in [1.54, 1.807) is 4.90 Å². The van der Waals surface area contributed by atoms with Gasteiger partial charge in [-0.15, -0.1) is 0 Å². The maximum absolute atomic E-state index is 11.6. The summed E-state index contributed by atoms with van der Waals surface area (Å²) in [6.07, 6.45) is 6.60. The molecule has 0 aromatic rings. The van der Waals surface area contributed by atoms with E-state index in [2.05, 4.69) is 10.3 Å². The summed E-state index contributed by atoms with van der Waals surface area (Å²) in [5, 5.41) is 3.27. The summed E-state index contributed by atoms with van der Waals surface area (Å²) < 4.78 is 0. The predicted octanol–water partition coefficient (Wildman–Crippen LogP) is 0.702. The van der Waals surface area contributed by atoms with Gasteiger partial charge in [-0.3, -0.25) is 9.79 Å². The topological polar surface area (TPSA) is 70.7 Å². The lowest BCUT2D eigenvalue weighted by atomic mass is 9.97. The smallest absolute Gasteiger partial charge is 0.222 e. The number of hydrogen-bond donors (Lipinski definition) is 2. The summed E-state index contributed by atoms with van der Waals surface area (Å²) >= 11 is 0. The molecule has 0 spiro atoms. The van der Waals surface area contributed by atoms with E-state index in [0.29, 0.717) is 30.9 Å². The number of piperidine rings is 1. The van der Waals surface area contributed by atoms with Crippen LogP contribution in [0, 0.1) is 5.92 Å². The van der Waals surface area contributed by atoms with Crippen molar-refractivity contribution >= 4 is 11.9 Å². The third-order valence-electron chi connectivity index (χ3n) is 3.99. The summed E-state index contributed by atoms with van der Waals surface area (Å²) in [7, 11) is 1.86. The van der Waals surface area contributed by atoms with Gasteiger partial charge in [-0.05, 0) is 25.2 Å². The van der Waals surface area contributed by atoms with Crippen LogP contribution >= 0.6 is 0 Å². The molecule has 2 rings (SSSR count). The minimum atomic E-state index is 0.226. The molecular formula is C13H24N4O. The first-order valence-electron chi connectivity index (χ1n) is 6.95. The Morgan fingerprint density at radius 1 is 1.44 bits per heavy atom. The molecule has 102 valence electrons. The van der Waals surface area contributed by atoms with Crippen LogP contribution in [0.3, 0.4) is 0 Å². The van der Waals surface area contributed by atoms with Gasteiger partial charge in [-0.2, -0.15) is 0 Å². The van der Waals surface area contributed by atoms with Gasteiger partial charge in [0.15, 0.2) is 5.96 Å². The molecule has 3 N–H and O–H groups in total. The summed E-state index contributed by atoms with van der Waals surface area (Å²) in [5.74, 6) is 1.13. The normalized spacial score (nSPS) is 26.7. The predicted molar refractivity (Wildman–Crippen MR) is 72.2 cm³/mol. The average Bonchev–Trinajstić information content (AvgIpc) is 2.83. The molecule has 1 amide bonds. The maximum Gasteiger partial charge on any atom is 0.222 e. The number of carbonyl (C=O) groups is 1. The van der Waals surface area contributed by atoms with Crippen molar-refractivity contribution in [1.82, 2.24) is 10.2 Å². The number of nitrogens with zero attached hydrogens (tertiary/aromatic N) is 2. The molecule has 1 saturated heterocycles. The highest BCUT2D eigenvalue weighted by Crippen LogP contribution is 2.18. The van der Waals surface area contributed by atoms with Gasteiger partial charge in [0.25, 0.3) is 0 Å². The van der Waals surface area contributed by atoms with E-state index in [4.69, 9.17) is 5.73 Å². The molecule has 0 aromatic carbocycles. The third kappa shape index (κ3) is 3.62. The molecule has 1 unspecified atom stereocenters. The Balaban J connectivity index is 1.73. The van der Waals surface area contributed by atoms with Crippen molar-refractivity contribution in [2.45, 2.75) is 44.6 Å². The number of hydrogen-bond acceptors (Lipinski definition) is 2. The third-order valence-corrected chi connectivity index (χ3v) is 3.99. The maximum atomic E-state index is 11.6. The van der Waals surface area contributed by atoms with E-state index in [1.165, 1.54) is 25.7 Å². The molecular weight excluding hydrogens is 228 g/mol. The van der Waals surface area contributed by atoms with Crippen LogP contribution in [-0.4, -0.2) is 42.9 Å². The van der Waals surface area contributed by atoms with Crippen molar-refractivity contribution < 1.29 is 4.79 Å². The van der Waals surface area contributed by atoms with E-state index >= 15 is 0 Å². The largest absolute Gasteiger partial charge is 0.370 e. The highest BCUT2D eigenvalue weighted by molar-refractivity contribution is 5.78. The second-order valence-corrected chi connectivity index (χ2v) is 5.53. The molecule has 0 bridgehead atoms. The Bertz CT molecular complexity index is 323. The van der Waals surface area contributed by atoms with E-state index in [9.17, 15) is 4.79 Å². The van der Waals surface area contributed by atoms with Crippen LogP contribution in [0.5, 0.6) is 0 Å². The number of rotatable bonds is 3. The molecule has 1 aliphatic carbocycles. The first kappa shape index (κ1) is 13.2. The highest BCUT2D eigenvalue weighted by atomic mass is 16.2. The quantitative estimate of drug-likeness (QED) is 0.574. The van der Waals surface area contributed by atoms with Crippen LogP contribution in [0.4, 0.5) is 0 Å². The number of amides is 1. The molecule has 1 heterocycles. The van der Waals surface area contributed by atoms with Gasteiger partial charge < -0.3 is 16.0 Å². The average molecular weight is 252 g/mol. The molecule has 18 heavy (non-hydrogen) atoms. The van der Waals surface area contributed by atoms with Crippen molar-refractivity contribution in [1.29, 1.82) is 0 Å². The number of guanidine groups is 1. The van der Waals surface area contributed by atoms with Gasteiger partial charge in [0.05, 0.1) is 0 Å². The summed E-state index contributed by atoms with van der Waals surface area (Å²) in [6.45, 7) is 1.51. The van der Waals surface area contributed by atoms with Crippen LogP contribution in [-0.2, 0) is 4.79 Å². The lowest BCUT2D eigenvalue weighted by Crippen LogP contribution is -2.40. The Hall–Kier alpha value is -1.26. The molecule has 1 saturated carbocycles. The van der Waals surface area contributed by atoms with Crippen molar-refractivity contribution in [3.63, 3.8) is 0 Å². The van der Waals surface area contributed by atoms with Gasteiger partial charge in [0, 0.05) is 32.6 Å². The first-order chi connectivity index (χ1) is 8.65. The lowest BCUT2D eigenvalue weighted by molar-refractivity contribution is -0.133. The van der Waals surface area contributed by atoms with Crippen LogP contribution in [0.15, 0.2) is 4.99 Å². The van der Waals surface area contributed by atoms with Crippen molar-refractivity contribution in [3.8, 4) is 0 Å². The van der Waals surface area contributed by atoms with Crippen molar-refractivity contribution in [3.05, 3.63) is 0 Å². The summed E-state index contributed by atoms with van der Waals surface area (Å²) in [6, 6.07) is 0.507. The molecule has 5 heteroatoms. The minimum Gasteiger partial charge on any atom is -0.370 e. The van der Waals surface area contributed by atoms with Gasteiger partial charge in [0.1, 0.15) is 0 Å². The van der Waals surface area contributed by atoms with E-state index < -0.39 is 0 Å². The Morgan fingerprint density at radius 2 is 2.17 bits per heavy atom. The van der Waals surface area contributed by atoms with Crippen LogP contribution in [0.2, 0.25) is 0 Å². The molecule has 0 aromatic heterocycles. The molecule has 1 atom stereocenters. The molecule has 1 aliphatic heterocycles. The Labute approximate surface area is 109 Å². The van der Waals surface area contributed by atoms with Crippen LogP contribution < -0.4 is 11.1 Å². The Kier molecular flexibility index (Phi) is 4.44. The number of carbonyl (C=O) groups excluding carboxylic acids is 1. The van der Waals surface area contributed by atoms with Crippen LogP contribution in [0.1, 0.15) is 38.5 Å². The monoisotopic (exact) mass is 252 g/mol. The lowest BCUT2D eigenvalue weighted by Gasteiger charge is -2.27. The number of nitrogens with two attached hydrogens (primary N) is 1. The summed E-state index contributed by atoms with van der Waals surface area (Å²) in [5.41, 5.74) is 5.88. The standard InChI is InChI=1S/C13H24N4O/c1-17-7-6-10(8-12(17)18)9-15-13(14)16-11-4-2-3-5-11/h10-11H,2-9H2,1H3,(H3,14,15,16). The van der Waals surface area contributed by atoms with Crippen LogP contribution in [0.25, 0.3) is 0 Å². The zero-order chi connectivity index (χ0) is 13.0. The van der Waals surface area contributed by atoms with Gasteiger partial charge in [0.2, 0.25) is 5.91 Å². The second-order valence-electron chi connectivity index (χ2n) is 5.53. The van der Waals surface area contributed by atoms with Crippen molar-refractivity contribution in [2.75, 3.05) is 20.1 Å². The van der Waals surface area contributed by atoms with Gasteiger partial charge in [-0.25, -0.2) is 0 Å². The van der Waals surface area contributed by atoms with Gasteiger partial charge >= 0.3 is 0 Å². The summed E-state index contributed by atoms with van der Waals surface area (Å²) in [4.78, 5) is 17.7. The highest BCUT2D eigenvalue weighted by Gasteiger charge is 2.23. The number of aliphatic imine (C=N–C) groups is 1. The zero-order valence-corrected chi connectivity index (χ0v) is 11.2. The molecule has 0 radical (unpaired) electrons. The first-order valence-corrected chi connectivity index (χ1v) is 6.95. The molecule has 5 nitrogen and oxygen atoms in total. The Morgan fingerprint density at radius 3 is 2.83 bits per heavy atom. The fourth-order valence-electron chi connectivity index (χ4n) is 2.71. The molecule has 2 aliphatic rings. The van der Waals surface area contributed by atoms with E-state index in [0.717, 1.165) is 13.0 Å². The number of nitrogens with one attached hydrogen (secondary N) is 1. The number of likely N-dealkylation sites (tertiary alicyclic amines) is 1. The molecule has 2 fully saturated rings. The van der Waals surface area contributed by atoms with Crippen molar-refractivity contribution in [2.24, 2.45) is 16.6 Å². The van der Waals surface area contributed by atoms with E-state index in [1.807, 2.05) is 7.05 Å². The van der Waals surface area contributed by atoms with Gasteiger partial charge in [-0.1, -0.05) is 12.8 Å². The fourth-order valence-corrected chi connectivity index (χ4v) is 2.71. The second kappa shape index (κ2) is 6.07. The fraction of sp³-hybridized carbons (Fsp3) is 0.846. The zero-order valence-electron chi connectivity index (χ0n) is 11.2. The minimum absolute atomic E-state index is 0.226.